The van der Waals surface area contributed by atoms with E-state index in [1.165, 1.54) is 11.8 Å². The van der Waals surface area contributed by atoms with Crippen molar-refractivity contribution in [2.45, 2.75) is 12.8 Å². The smallest absolute Gasteiger partial charge is 0.151 e. The first-order valence-corrected chi connectivity index (χ1v) is 3.59. The fourth-order valence-corrected chi connectivity index (χ4v) is 0.842. The van der Waals surface area contributed by atoms with Gasteiger partial charge in [0.25, 0.3) is 0 Å². The Bertz CT molecular complexity index is 127. The van der Waals surface area contributed by atoms with E-state index in [1.54, 1.807) is 0 Å². The van der Waals surface area contributed by atoms with Crippen LogP contribution in [0.1, 0.15) is 12.8 Å². The van der Waals surface area contributed by atoms with E-state index < -0.39 is 0 Å². The second kappa shape index (κ2) is 5.45. The van der Waals surface area contributed by atoms with Crippen molar-refractivity contribution in [2.75, 3.05) is 5.75 Å². The number of nitrogens with two attached hydrogens (primary N) is 1. The predicted octanol–water partition coefficient (Wildman–Crippen LogP) is 0.917. The molecular formula is C5H9N3S. The van der Waals surface area contributed by atoms with Crippen molar-refractivity contribution in [3.05, 3.63) is 0 Å². The number of unbranched alkanes of at least 4 members (excludes halogenated alkanes) is 1. The SMILES string of the molecule is [15N]#[13C]CCCS[13C](=[15NH])[15NH2]. The summed E-state index contributed by atoms with van der Waals surface area (Å²) >= 11 is 1.28. The molecule has 9 heavy (non-hydrogen) atoms. The second-order valence-corrected chi connectivity index (χ2v) is 2.61. The van der Waals surface area contributed by atoms with Crippen LogP contribution in [0.15, 0.2) is 0 Å². The van der Waals surface area contributed by atoms with E-state index in [0.29, 0.717) is 6.42 Å². The highest BCUT2D eigenvalue weighted by Crippen LogP contribution is 2.01. The Morgan fingerprint density at radius 3 is 2.89 bits per heavy atom. The Hall–Kier alpha value is -0.690. The third-order valence-electron chi connectivity index (χ3n) is 0.690. The molecule has 0 saturated heterocycles. The number of nitrogens with one attached hydrogen (secondary N) is 1. The van der Waals surface area contributed by atoms with Gasteiger partial charge in [0.2, 0.25) is 0 Å². The molecule has 0 saturated carbocycles. The number of thioether (sulfide) groups is 1. The van der Waals surface area contributed by atoms with Crippen LogP contribution >= 0.6 is 11.8 Å². The Morgan fingerprint density at radius 1 is 1.78 bits per heavy atom. The number of hydrogen-bond acceptors (Lipinski definition) is 3. The summed E-state index contributed by atoms with van der Waals surface area (Å²) < 4.78 is 0. The molecule has 0 aromatic carbocycles. The van der Waals surface area contributed by atoms with Crippen LogP contribution in [0.4, 0.5) is 0 Å². The largest absolute Gasteiger partial charge is 0.379 e. The van der Waals surface area contributed by atoms with Crippen LogP contribution in [0.5, 0.6) is 0 Å². The van der Waals surface area contributed by atoms with Gasteiger partial charge in [-0.05, 0) is 6.42 Å². The fraction of sp³-hybridized carbons (Fsp3) is 0.600. The highest BCUT2D eigenvalue weighted by Gasteiger charge is 1.89. The van der Waals surface area contributed by atoms with Gasteiger partial charge in [-0.25, -0.2) is 0 Å². The van der Waals surface area contributed by atoms with Gasteiger partial charge < -0.3 is 5.73 Å². The Labute approximate surface area is 58.7 Å². The van der Waals surface area contributed by atoms with Gasteiger partial charge in [0.05, 0.1) is 6.07 Å². The quantitative estimate of drug-likeness (QED) is 0.205. The molecule has 0 rings (SSSR count). The van der Waals surface area contributed by atoms with E-state index in [0.717, 1.165) is 12.2 Å². The molecule has 0 atom stereocenters. The van der Waals surface area contributed by atoms with Crippen LogP contribution in [-0.2, 0) is 0 Å². The van der Waals surface area contributed by atoms with Crippen LogP contribution in [0.2, 0.25) is 0 Å². The number of nitriles is 1. The Morgan fingerprint density at radius 2 is 2.44 bits per heavy atom. The van der Waals surface area contributed by atoms with Gasteiger partial charge in [-0.2, -0.15) is 5.26 Å². The first kappa shape index (κ1) is 8.31. The number of hydrogen-bond donors (Lipinski definition) is 2. The Kier molecular flexibility index (Phi) is 5.03. The van der Waals surface area contributed by atoms with Crippen molar-refractivity contribution in [1.29, 1.82) is 10.7 Å². The van der Waals surface area contributed by atoms with Gasteiger partial charge >= 0.3 is 0 Å². The highest BCUT2D eigenvalue weighted by atomic mass is 32.2. The van der Waals surface area contributed by atoms with Gasteiger partial charge in [0.15, 0.2) is 5.17 Å². The summed E-state index contributed by atoms with van der Waals surface area (Å²) in [5.41, 5.74) is 5.04. The van der Waals surface area contributed by atoms with Crippen molar-refractivity contribution in [2.24, 2.45) is 5.73 Å². The lowest BCUT2D eigenvalue weighted by atomic mass is 10.5. The van der Waals surface area contributed by atoms with Crippen LogP contribution in [0.25, 0.3) is 0 Å². The van der Waals surface area contributed by atoms with Crippen molar-refractivity contribution >= 4 is 16.9 Å². The average molecular weight is 148 g/mol. The van der Waals surface area contributed by atoms with E-state index >= 15 is 0 Å². The third kappa shape index (κ3) is 7.31. The van der Waals surface area contributed by atoms with Crippen LogP contribution in [-0.4, -0.2) is 10.9 Å². The lowest BCUT2D eigenvalue weighted by molar-refractivity contribution is 0.984. The molecule has 0 spiro atoms. The van der Waals surface area contributed by atoms with Gasteiger partial charge in [0.1, 0.15) is 0 Å². The van der Waals surface area contributed by atoms with E-state index in [2.05, 4.69) is 0 Å². The first-order chi connectivity index (χ1) is 4.27. The third-order valence-corrected chi connectivity index (χ3v) is 1.49. The van der Waals surface area contributed by atoms with Gasteiger partial charge in [-0.3, -0.25) is 5.41 Å². The van der Waals surface area contributed by atoms with Gasteiger partial charge in [-0.15, -0.1) is 0 Å². The fourth-order valence-electron chi connectivity index (χ4n) is 0.333. The zero-order valence-electron chi connectivity index (χ0n) is 5.05. The minimum atomic E-state index is 0.132. The summed E-state index contributed by atoms with van der Waals surface area (Å²) in [5.74, 6) is 0.781. The molecule has 0 aromatic heterocycles. The summed E-state index contributed by atoms with van der Waals surface area (Å²) in [4.78, 5) is 0. The summed E-state index contributed by atoms with van der Waals surface area (Å²) in [5, 5.41) is 15.0. The normalized spacial score (nSPS) is 8.33. The summed E-state index contributed by atoms with van der Waals surface area (Å²) in [7, 11) is 0. The first-order valence-electron chi connectivity index (χ1n) is 2.61. The molecule has 50 valence electrons. The van der Waals surface area contributed by atoms with Crippen LogP contribution < -0.4 is 5.73 Å². The molecule has 0 radical (unpaired) electrons. The van der Waals surface area contributed by atoms with E-state index in [4.69, 9.17) is 16.4 Å². The molecule has 0 heterocycles. The standard InChI is InChI=1S/C5H9N3S/c6-3-1-2-4-9-5(7)8/h1-2,4H2,(H3,7,8)/i3+1,5+1,6+1,7+1,8+1. The molecule has 0 aliphatic rings. The molecule has 0 fully saturated rings. The monoisotopic (exact) mass is 148 g/mol. The molecule has 4 heteroatoms. The van der Waals surface area contributed by atoms with E-state index in [1.807, 2.05) is 6.07 Å². The topological polar surface area (TPSA) is 73.7 Å². The maximum Gasteiger partial charge on any atom is 0.151 e. The summed E-state index contributed by atoms with van der Waals surface area (Å²) in [6.45, 7) is 0. The van der Waals surface area contributed by atoms with Crippen molar-refractivity contribution in [3.63, 3.8) is 0 Å². The van der Waals surface area contributed by atoms with Crippen molar-refractivity contribution in [3.8, 4) is 6.07 Å². The van der Waals surface area contributed by atoms with Crippen molar-refractivity contribution in [1.82, 2.24) is 0 Å². The van der Waals surface area contributed by atoms with E-state index in [9.17, 15) is 0 Å². The molecule has 3 N–H and O–H groups in total. The molecule has 0 aliphatic carbocycles. The summed E-state index contributed by atoms with van der Waals surface area (Å²) in [6, 6.07) is 2.02. The zero-order valence-corrected chi connectivity index (χ0v) is 5.87. The molecule has 0 bridgehead atoms. The zero-order chi connectivity index (χ0) is 7.11. The van der Waals surface area contributed by atoms with Crippen molar-refractivity contribution < 1.29 is 0 Å². The maximum atomic E-state index is 8.09. The molecule has 3 nitrogen and oxygen atoms in total. The van der Waals surface area contributed by atoms with Gasteiger partial charge in [0, 0.05) is 12.2 Å². The average Bonchev–Trinajstić information content (AvgIpc) is 1.80. The van der Waals surface area contributed by atoms with Crippen LogP contribution in [0.3, 0.4) is 0 Å². The number of rotatable bonds is 3. The molecule has 0 unspecified atom stereocenters. The maximum absolute atomic E-state index is 8.09. The lowest BCUT2D eigenvalue weighted by Gasteiger charge is -1.92. The minimum absolute atomic E-state index is 0.132. The molecule has 0 aliphatic heterocycles. The molecular weight excluding hydrogens is 139 g/mol. The highest BCUT2D eigenvalue weighted by molar-refractivity contribution is 8.13. The molecule has 0 aromatic rings. The second-order valence-electron chi connectivity index (χ2n) is 1.47. The number of nitrogens with zero attached hydrogens (tertiary/aromatic N) is 1. The summed E-state index contributed by atoms with van der Waals surface area (Å²) in [6.07, 6.45) is 1.38. The van der Waals surface area contributed by atoms with Gasteiger partial charge in [-0.1, -0.05) is 11.8 Å². The molecule has 0 amide bonds. The Balaban J connectivity index is 2.94. The van der Waals surface area contributed by atoms with Crippen LogP contribution in [0, 0.1) is 16.7 Å². The minimum Gasteiger partial charge on any atom is -0.379 e. The predicted molar refractivity (Wildman–Crippen MR) is 39.2 cm³/mol. The number of amidine groups is 1. The van der Waals surface area contributed by atoms with E-state index in [-0.39, 0.29) is 5.17 Å². The lowest BCUT2D eigenvalue weighted by Crippen LogP contribution is -2.04.